The number of aliphatic hydroxyl groups excluding tert-OH is 1. The van der Waals surface area contributed by atoms with Crippen LogP contribution in [0.1, 0.15) is 24.7 Å². The number of aliphatic hydroxyl groups is 1. The first-order valence-electron chi connectivity index (χ1n) is 6.99. The number of nitrogens with two attached hydrogens (primary N) is 1. The van der Waals surface area contributed by atoms with E-state index in [2.05, 4.69) is 10.2 Å². The molecule has 1 unspecified atom stereocenters. The van der Waals surface area contributed by atoms with E-state index in [1.807, 2.05) is 6.92 Å². The highest BCUT2D eigenvalue weighted by Crippen LogP contribution is 2.31. The molecule has 10 heteroatoms. The maximum atomic E-state index is 12.9. The summed E-state index contributed by atoms with van der Waals surface area (Å²) < 4.78 is 40.2. The zero-order valence-electron chi connectivity index (χ0n) is 12.8. The number of hydrogen-bond acceptors (Lipinski definition) is 5. The largest absolute Gasteiger partial charge is 0.416 e. The molecule has 0 radical (unpaired) electrons. The maximum absolute atomic E-state index is 12.9. The summed E-state index contributed by atoms with van der Waals surface area (Å²) in [6, 6.07) is 4.90. The summed E-state index contributed by atoms with van der Waals surface area (Å²) in [7, 11) is 0. The van der Waals surface area contributed by atoms with Gasteiger partial charge in [-0.25, -0.2) is 0 Å². The van der Waals surface area contributed by atoms with E-state index < -0.39 is 17.8 Å². The molecule has 3 N–H and O–H groups in total. The summed E-state index contributed by atoms with van der Waals surface area (Å²) in [6.45, 7) is 1.88. The van der Waals surface area contributed by atoms with E-state index in [0.29, 0.717) is 28.8 Å². The van der Waals surface area contributed by atoms with Crippen molar-refractivity contribution >= 4 is 24.2 Å². The van der Waals surface area contributed by atoms with Gasteiger partial charge in [0.2, 0.25) is 0 Å². The third-order valence-electron chi connectivity index (χ3n) is 3.19. The van der Waals surface area contributed by atoms with Gasteiger partial charge in [-0.2, -0.15) is 13.2 Å². The van der Waals surface area contributed by atoms with Gasteiger partial charge in [0.05, 0.1) is 23.9 Å². The molecule has 0 saturated heterocycles. The highest BCUT2D eigenvalue weighted by atomic mass is 35.5. The Morgan fingerprint density at radius 3 is 2.62 bits per heavy atom. The third-order valence-corrected chi connectivity index (χ3v) is 4.26. The minimum absolute atomic E-state index is 0. The van der Waals surface area contributed by atoms with E-state index >= 15 is 0 Å². The quantitative estimate of drug-likeness (QED) is 0.751. The lowest BCUT2D eigenvalue weighted by Crippen LogP contribution is -2.12. The fourth-order valence-electron chi connectivity index (χ4n) is 1.90. The summed E-state index contributed by atoms with van der Waals surface area (Å²) in [6.07, 6.45) is -4.37. The summed E-state index contributed by atoms with van der Waals surface area (Å²) in [5.41, 5.74) is 5.14. The van der Waals surface area contributed by atoms with Crippen LogP contribution in [0.2, 0.25) is 0 Å². The summed E-state index contributed by atoms with van der Waals surface area (Å²) in [4.78, 5) is 0. The van der Waals surface area contributed by atoms with Gasteiger partial charge in [0.15, 0.2) is 11.0 Å². The topological polar surface area (TPSA) is 77.0 Å². The summed E-state index contributed by atoms with van der Waals surface area (Å²) in [5, 5.41) is 17.9. The molecule has 24 heavy (non-hydrogen) atoms. The molecule has 134 valence electrons. The Morgan fingerprint density at radius 2 is 2.04 bits per heavy atom. The van der Waals surface area contributed by atoms with Crippen LogP contribution in [0.15, 0.2) is 29.4 Å². The van der Waals surface area contributed by atoms with Gasteiger partial charge < -0.3 is 10.8 Å². The number of benzene rings is 1. The van der Waals surface area contributed by atoms with E-state index in [1.54, 1.807) is 0 Å². The van der Waals surface area contributed by atoms with Crippen molar-refractivity contribution < 1.29 is 18.3 Å². The Balaban J connectivity index is 0.00000288. The lowest BCUT2D eigenvalue weighted by Gasteiger charge is -2.13. The average Bonchev–Trinajstić information content (AvgIpc) is 2.94. The van der Waals surface area contributed by atoms with E-state index in [0.717, 1.165) is 12.1 Å². The van der Waals surface area contributed by atoms with E-state index in [4.69, 9.17) is 5.73 Å². The Hall–Kier alpha value is -1.29. The van der Waals surface area contributed by atoms with Gasteiger partial charge in [-0.3, -0.25) is 4.57 Å². The van der Waals surface area contributed by atoms with Crippen molar-refractivity contribution in [1.82, 2.24) is 14.8 Å². The Labute approximate surface area is 147 Å². The summed E-state index contributed by atoms with van der Waals surface area (Å²) >= 11 is 1.23. The molecule has 0 bridgehead atoms. The van der Waals surface area contributed by atoms with E-state index in [-0.39, 0.29) is 19.0 Å². The molecule has 1 atom stereocenters. The predicted molar refractivity (Wildman–Crippen MR) is 88.5 cm³/mol. The van der Waals surface area contributed by atoms with Crippen LogP contribution < -0.4 is 5.73 Å². The smallest absolute Gasteiger partial charge is 0.392 e. The predicted octanol–water partition coefficient (Wildman–Crippen LogP) is 3.03. The lowest BCUT2D eigenvalue weighted by molar-refractivity contribution is -0.137. The highest BCUT2D eigenvalue weighted by molar-refractivity contribution is 7.99. The second-order valence-electron chi connectivity index (χ2n) is 4.86. The van der Waals surface area contributed by atoms with Gasteiger partial charge in [-0.05, 0) is 24.6 Å². The van der Waals surface area contributed by atoms with Crippen molar-refractivity contribution in [1.29, 1.82) is 0 Å². The van der Waals surface area contributed by atoms with E-state index in [9.17, 15) is 18.3 Å². The molecule has 1 heterocycles. The SMILES string of the molecule is CCC(O)CSc1nnc(CN)n1-c1cccc(C(F)(F)F)c1.Cl. The average molecular weight is 383 g/mol. The molecular formula is C14H18ClF3N4OS. The van der Waals surface area contributed by atoms with Crippen LogP contribution in [0.25, 0.3) is 5.69 Å². The highest BCUT2D eigenvalue weighted by Gasteiger charge is 2.31. The number of thioether (sulfide) groups is 1. The number of aromatic nitrogens is 3. The Morgan fingerprint density at radius 1 is 1.33 bits per heavy atom. The molecule has 1 aromatic heterocycles. The van der Waals surface area contributed by atoms with Gasteiger partial charge in [0.25, 0.3) is 0 Å². The fraction of sp³-hybridized carbons (Fsp3) is 0.429. The van der Waals surface area contributed by atoms with Crippen LogP contribution in [0, 0.1) is 0 Å². The number of alkyl halides is 3. The van der Waals surface area contributed by atoms with Crippen LogP contribution >= 0.6 is 24.2 Å². The first kappa shape index (κ1) is 20.8. The minimum atomic E-state index is -4.43. The molecular weight excluding hydrogens is 365 g/mol. The minimum Gasteiger partial charge on any atom is -0.392 e. The van der Waals surface area contributed by atoms with Gasteiger partial charge in [0.1, 0.15) is 0 Å². The first-order valence-corrected chi connectivity index (χ1v) is 7.98. The Bertz CT molecular complexity index is 666. The number of nitrogens with zero attached hydrogens (tertiary/aromatic N) is 3. The number of rotatable bonds is 6. The number of hydrogen-bond donors (Lipinski definition) is 2. The molecule has 0 fully saturated rings. The van der Waals surface area contributed by atoms with Crippen molar-refractivity contribution in [3.05, 3.63) is 35.7 Å². The molecule has 0 aliphatic carbocycles. The fourth-order valence-corrected chi connectivity index (χ4v) is 2.91. The molecule has 5 nitrogen and oxygen atoms in total. The molecule has 0 amide bonds. The second kappa shape index (κ2) is 8.70. The van der Waals surface area contributed by atoms with E-state index in [1.165, 1.54) is 28.5 Å². The molecule has 0 spiro atoms. The molecule has 1 aromatic carbocycles. The maximum Gasteiger partial charge on any atom is 0.416 e. The zero-order valence-corrected chi connectivity index (χ0v) is 14.5. The van der Waals surface area contributed by atoms with Crippen LogP contribution in [0.4, 0.5) is 13.2 Å². The van der Waals surface area contributed by atoms with Crippen molar-refractivity contribution in [2.24, 2.45) is 5.73 Å². The molecule has 0 aliphatic heterocycles. The van der Waals surface area contributed by atoms with Crippen LogP contribution in [0.5, 0.6) is 0 Å². The molecule has 0 saturated carbocycles. The monoisotopic (exact) mass is 382 g/mol. The summed E-state index contributed by atoms with van der Waals surface area (Å²) in [5.74, 6) is 0.732. The number of halogens is 4. The van der Waals surface area contributed by atoms with Crippen molar-refractivity contribution in [3.8, 4) is 5.69 Å². The molecule has 2 rings (SSSR count). The molecule has 0 aliphatic rings. The van der Waals surface area contributed by atoms with Crippen molar-refractivity contribution in [3.63, 3.8) is 0 Å². The first-order chi connectivity index (χ1) is 10.9. The van der Waals surface area contributed by atoms with Crippen molar-refractivity contribution in [2.75, 3.05) is 5.75 Å². The normalized spacial score (nSPS) is 12.8. The van der Waals surface area contributed by atoms with Gasteiger partial charge >= 0.3 is 6.18 Å². The van der Waals surface area contributed by atoms with Crippen LogP contribution in [0.3, 0.4) is 0 Å². The van der Waals surface area contributed by atoms with Gasteiger partial charge in [-0.1, -0.05) is 24.8 Å². The van der Waals surface area contributed by atoms with Gasteiger partial charge in [0, 0.05) is 5.75 Å². The lowest BCUT2D eigenvalue weighted by atomic mass is 10.2. The zero-order chi connectivity index (χ0) is 17.0. The van der Waals surface area contributed by atoms with Crippen molar-refractivity contribution in [2.45, 2.75) is 37.3 Å². The Kier molecular flexibility index (Phi) is 7.53. The third kappa shape index (κ3) is 4.85. The standard InChI is InChI=1S/C14H17F3N4OS.ClH/c1-2-11(22)8-23-13-20-19-12(7-18)21(13)10-5-3-4-9(6-10)14(15,16)17;/h3-6,11,22H,2,7-8,18H2,1H3;1H. The molecule has 2 aromatic rings. The van der Waals surface area contributed by atoms with Crippen LogP contribution in [-0.2, 0) is 12.7 Å². The second-order valence-corrected chi connectivity index (χ2v) is 5.85. The van der Waals surface area contributed by atoms with Crippen LogP contribution in [-0.4, -0.2) is 31.7 Å². The van der Waals surface area contributed by atoms with Gasteiger partial charge in [-0.15, -0.1) is 22.6 Å².